The van der Waals surface area contributed by atoms with Crippen LogP contribution in [-0.4, -0.2) is 37.1 Å². The summed E-state index contributed by atoms with van der Waals surface area (Å²) >= 11 is 0. The average molecular weight is 480 g/mol. The van der Waals surface area contributed by atoms with Crippen LogP contribution < -0.4 is 11.1 Å². The second-order valence-electron chi connectivity index (χ2n) is 6.69. The summed E-state index contributed by atoms with van der Waals surface area (Å²) in [5.41, 5.74) is 9.49. The van der Waals surface area contributed by atoms with Gasteiger partial charge in [-0.3, -0.25) is 9.89 Å². The van der Waals surface area contributed by atoms with Crippen molar-refractivity contribution in [1.29, 1.82) is 0 Å². The molecule has 6 heteroatoms. The predicted octanol–water partition coefficient (Wildman–Crippen LogP) is 3.84. The van der Waals surface area contributed by atoms with Crippen LogP contribution in [0.5, 0.6) is 0 Å². The number of rotatable bonds is 7. The van der Waals surface area contributed by atoms with Gasteiger partial charge in [0.2, 0.25) is 0 Å². The molecule has 0 bridgehead atoms. The molecule has 1 aliphatic rings. The van der Waals surface area contributed by atoms with Crippen molar-refractivity contribution in [2.24, 2.45) is 10.7 Å². The molecule has 2 aromatic rings. The maximum absolute atomic E-state index is 6.13. The quantitative estimate of drug-likeness (QED) is 0.359. The van der Waals surface area contributed by atoms with Crippen molar-refractivity contribution in [2.45, 2.75) is 32.0 Å². The number of anilines is 1. The highest BCUT2D eigenvalue weighted by Gasteiger charge is 2.24. The number of para-hydroxylation sites is 1. The van der Waals surface area contributed by atoms with Crippen LogP contribution in [0.2, 0.25) is 0 Å². The first kappa shape index (κ1) is 21.7. The molecule has 3 rings (SSSR count). The van der Waals surface area contributed by atoms with E-state index >= 15 is 0 Å². The molecule has 1 unspecified atom stereocenters. The molecule has 0 radical (unpaired) electrons. The monoisotopic (exact) mass is 480 g/mol. The summed E-state index contributed by atoms with van der Waals surface area (Å²) in [5.74, 6) is 0.458. The number of nitrogens with zero attached hydrogens (tertiary/aromatic N) is 2. The Morgan fingerprint density at radius 1 is 1.19 bits per heavy atom. The molecule has 2 aromatic carbocycles. The van der Waals surface area contributed by atoms with Crippen LogP contribution in [0.15, 0.2) is 59.6 Å². The Balaban J connectivity index is 0.00000261. The number of nitrogens with two attached hydrogens (primary N) is 1. The van der Waals surface area contributed by atoms with Crippen molar-refractivity contribution in [3.63, 3.8) is 0 Å². The van der Waals surface area contributed by atoms with Crippen LogP contribution in [0, 0.1) is 0 Å². The van der Waals surface area contributed by atoms with Gasteiger partial charge in [0.25, 0.3) is 0 Å². The molecule has 1 fully saturated rings. The lowest BCUT2D eigenvalue weighted by molar-refractivity contribution is 0.185. The Kier molecular flexibility index (Phi) is 9.03. The normalized spacial score (nSPS) is 17.5. The molecule has 0 amide bonds. The molecular weight excluding hydrogens is 451 g/mol. The molecule has 0 spiro atoms. The summed E-state index contributed by atoms with van der Waals surface area (Å²) in [4.78, 5) is 7.10. The number of guanidine groups is 1. The summed E-state index contributed by atoms with van der Waals surface area (Å²) in [5, 5.41) is 3.21. The van der Waals surface area contributed by atoms with Gasteiger partial charge in [0.15, 0.2) is 5.96 Å². The zero-order valence-electron chi connectivity index (χ0n) is 15.8. The van der Waals surface area contributed by atoms with Gasteiger partial charge in [0.05, 0.1) is 13.2 Å². The molecule has 1 aliphatic heterocycles. The van der Waals surface area contributed by atoms with E-state index in [1.54, 1.807) is 7.11 Å². The number of hydrogen-bond acceptors (Lipinski definition) is 3. The van der Waals surface area contributed by atoms with Gasteiger partial charge in [-0.1, -0.05) is 48.5 Å². The summed E-state index contributed by atoms with van der Waals surface area (Å²) in [6.45, 7) is 3.37. The fourth-order valence-corrected chi connectivity index (χ4v) is 3.43. The molecule has 1 heterocycles. The van der Waals surface area contributed by atoms with Crippen molar-refractivity contribution < 1.29 is 4.74 Å². The van der Waals surface area contributed by atoms with Gasteiger partial charge in [-0.25, -0.2) is 0 Å². The highest BCUT2D eigenvalue weighted by atomic mass is 127. The van der Waals surface area contributed by atoms with E-state index in [1.165, 1.54) is 18.4 Å². The van der Waals surface area contributed by atoms with Gasteiger partial charge in [0, 0.05) is 30.9 Å². The Morgan fingerprint density at radius 3 is 2.70 bits per heavy atom. The minimum absolute atomic E-state index is 0. The molecule has 1 saturated heterocycles. The average Bonchev–Trinajstić information content (AvgIpc) is 3.10. The third-order valence-corrected chi connectivity index (χ3v) is 4.78. The van der Waals surface area contributed by atoms with Gasteiger partial charge in [-0.15, -0.1) is 24.0 Å². The molecule has 3 N–H and O–H groups in total. The zero-order chi connectivity index (χ0) is 18.2. The number of hydrogen-bond donors (Lipinski definition) is 2. The van der Waals surface area contributed by atoms with Crippen molar-refractivity contribution in [3.8, 4) is 0 Å². The number of aliphatic imine (C=N–C) groups is 1. The van der Waals surface area contributed by atoms with Gasteiger partial charge < -0.3 is 15.8 Å². The number of halogens is 1. The van der Waals surface area contributed by atoms with Crippen molar-refractivity contribution in [3.05, 3.63) is 65.7 Å². The number of nitrogens with one attached hydrogen (secondary N) is 1. The van der Waals surface area contributed by atoms with E-state index in [9.17, 15) is 0 Å². The lowest BCUT2D eigenvalue weighted by Gasteiger charge is -2.23. The largest absolute Gasteiger partial charge is 0.380 e. The van der Waals surface area contributed by atoms with Crippen molar-refractivity contribution in [2.75, 3.05) is 25.5 Å². The van der Waals surface area contributed by atoms with E-state index in [2.05, 4.69) is 45.5 Å². The SMILES string of the molecule is COCc1ccccc1NC(N)=NCC1CCCN1Cc1ccccc1.I. The first-order valence-corrected chi connectivity index (χ1v) is 9.18. The highest BCUT2D eigenvalue weighted by molar-refractivity contribution is 14.0. The zero-order valence-corrected chi connectivity index (χ0v) is 18.1. The lowest BCUT2D eigenvalue weighted by Crippen LogP contribution is -2.33. The van der Waals surface area contributed by atoms with Crippen LogP contribution in [0.25, 0.3) is 0 Å². The first-order chi connectivity index (χ1) is 12.8. The molecular formula is C21H29IN4O. The van der Waals surface area contributed by atoms with E-state index in [0.717, 1.165) is 30.9 Å². The predicted molar refractivity (Wildman–Crippen MR) is 123 cm³/mol. The molecule has 0 saturated carbocycles. The number of ether oxygens (including phenoxy) is 1. The van der Waals surface area contributed by atoms with E-state index in [-0.39, 0.29) is 24.0 Å². The minimum atomic E-state index is 0. The Morgan fingerprint density at radius 2 is 1.93 bits per heavy atom. The fourth-order valence-electron chi connectivity index (χ4n) is 3.43. The second-order valence-corrected chi connectivity index (χ2v) is 6.69. The van der Waals surface area contributed by atoms with Gasteiger partial charge in [-0.05, 0) is 31.0 Å². The van der Waals surface area contributed by atoms with Gasteiger partial charge in [0.1, 0.15) is 0 Å². The molecule has 1 atom stereocenters. The summed E-state index contributed by atoms with van der Waals surface area (Å²) in [6.07, 6.45) is 2.39. The number of likely N-dealkylation sites (tertiary alicyclic amines) is 1. The maximum atomic E-state index is 6.13. The smallest absolute Gasteiger partial charge is 0.193 e. The summed E-state index contributed by atoms with van der Waals surface area (Å²) in [6, 6.07) is 19.1. The molecule has 5 nitrogen and oxygen atoms in total. The van der Waals surface area contributed by atoms with Gasteiger partial charge in [-0.2, -0.15) is 0 Å². The topological polar surface area (TPSA) is 62.9 Å². The standard InChI is InChI=1S/C21H28N4O.HI/c1-26-16-18-10-5-6-12-20(18)24-21(22)23-14-19-11-7-13-25(19)15-17-8-3-2-4-9-17;/h2-6,8-10,12,19H,7,11,13-16H2,1H3,(H3,22,23,24);1H. The first-order valence-electron chi connectivity index (χ1n) is 9.18. The second kappa shape index (κ2) is 11.3. The molecule has 146 valence electrons. The van der Waals surface area contributed by atoms with E-state index in [0.29, 0.717) is 18.6 Å². The molecule has 27 heavy (non-hydrogen) atoms. The van der Waals surface area contributed by atoms with Crippen LogP contribution in [0.3, 0.4) is 0 Å². The third-order valence-electron chi connectivity index (χ3n) is 4.78. The van der Waals surface area contributed by atoms with Crippen molar-refractivity contribution >= 4 is 35.6 Å². The third kappa shape index (κ3) is 6.48. The van der Waals surface area contributed by atoms with E-state index in [1.807, 2.05) is 24.3 Å². The van der Waals surface area contributed by atoms with Crippen LogP contribution in [0.1, 0.15) is 24.0 Å². The van der Waals surface area contributed by atoms with Crippen molar-refractivity contribution in [1.82, 2.24) is 4.90 Å². The van der Waals surface area contributed by atoms with Gasteiger partial charge >= 0.3 is 0 Å². The molecule has 0 aromatic heterocycles. The van der Waals surface area contributed by atoms with Crippen LogP contribution in [-0.2, 0) is 17.9 Å². The summed E-state index contributed by atoms with van der Waals surface area (Å²) < 4.78 is 5.23. The lowest BCUT2D eigenvalue weighted by atomic mass is 10.2. The number of benzene rings is 2. The minimum Gasteiger partial charge on any atom is -0.380 e. The number of methoxy groups -OCH3 is 1. The Labute approximate surface area is 179 Å². The fraction of sp³-hybridized carbons (Fsp3) is 0.381. The maximum Gasteiger partial charge on any atom is 0.193 e. The highest BCUT2D eigenvalue weighted by Crippen LogP contribution is 2.20. The Bertz CT molecular complexity index is 723. The van der Waals surface area contributed by atoms with Crippen LogP contribution in [0.4, 0.5) is 5.69 Å². The van der Waals surface area contributed by atoms with Crippen LogP contribution >= 0.6 is 24.0 Å². The van der Waals surface area contributed by atoms with E-state index in [4.69, 9.17) is 10.5 Å². The molecule has 0 aliphatic carbocycles. The van der Waals surface area contributed by atoms with E-state index < -0.39 is 0 Å². The summed E-state index contributed by atoms with van der Waals surface area (Å²) in [7, 11) is 1.69. The Hall–Kier alpha value is -1.64.